The molecule has 3 saturated heterocycles. The number of fused-ring (bicyclic) bond motifs is 1. The van der Waals surface area contributed by atoms with E-state index in [2.05, 4.69) is 46.5 Å². The van der Waals surface area contributed by atoms with Gasteiger partial charge in [0.15, 0.2) is 0 Å². The van der Waals surface area contributed by atoms with Crippen molar-refractivity contribution in [3.05, 3.63) is 53.2 Å². The molecule has 1 aromatic carbocycles. The van der Waals surface area contributed by atoms with Crippen molar-refractivity contribution in [2.24, 2.45) is 5.41 Å². The summed E-state index contributed by atoms with van der Waals surface area (Å²) in [7, 11) is 2.15. The molecule has 1 unspecified atom stereocenters. The Balaban J connectivity index is 1.28. The van der Waals surface area contributed by atoms with Gasteiger partial charge in [-0.3, -0.25) is 4.79 Å². The number of halogens is 1. The Labute approximate surface area is 253 Å². The van der Waals surface area contributed by atoms with Gasteiger partial charge in [-0.25, -0.2) is 0 Å². The van der Waals surface area contributed by atoms with E-state index in [9.17, 15) is 10.1 Å². The molecule has 10 heteroatoms. The number of hydrogen-bond donors (Lipinski definition) is 0. The number of ether oxygens (including phenoxy) is 1. The number of nitrogens with zero attached hydrogens (tertiary/aromatic N) is 7. The fourth-order valence-electron chi connectivity index (χ4n) is 7.35. The summed E-state index contributed by atoms with van der Waals surface area (Å²) in [4.78, 5) is 31.4. The average molecular weight is 590 g/mol. The molecular weight excluding hydrogens is 550 g/mol. The maximum atomic E-state index is 12.5. The highest BCUT2D eigenvalue weighted by Gasteiger charge is 2.43. The van der Waals surface area contributed by atoms with Crippen LogP contribution < -0.4 is 14.5 Å². The van der Waals surface area contributed by atoms with Crippen LogP contribution in [-0.2, 0) is 17.6 Å². The van der Waals surface area contributed by atoms with Gasteiger partial charge >= 0.3 is 6.01 Å². The van der Waals surface area contributed by atoms with Gasteiger partial charge < -0.3 is 24.3 Å². The molecule has 6 rings (SSSR count). The highest BCUT2D eigenvalue weighted by Crippen LogP contribution is 2.46. The number of para-hydroxylation sites is 1. The van der Waals surface area contributed by atoms with Crippen LogP contribution in [0.5, 0.6) is 6.01 Å². The second-order valence-electron chi connectivity index (χ2n) is 12.3. The zero-order valence-corrected chi connectivity index (χ0v) is 25.2. The number of amides is 1. The maximum absolute atomic E-state index is 12.5. The lowest BCUT2D eigenvalue weighted by atomic mass is 9.72. The second kappa shape index (κ2) is 12.1. The molecule has 1 aliphatic carbocycles. The van der Waals surface area contributed by atoms with Gasteiger partial charge in [0.2, 0.25) is 5.91 Å². The molecule has 1 amide bonds. The summed E-state index contributed by atoms with van der Waals surface area (Å²) in [5.74, 6) is 0.773. The monoisotopic (exact) mass is 589 g/mol. The van der Waals surface area contributed by atoms with Crippen LogP contribution in [0.4, 0.5) is 11.5 Å². The highest BCUT2D eigenvalue weighted by atomic mass is 35.5. The third kappa shape index (κ3) is 5.67. The Hall–Kier alpha value is -3.35. The Morgan fingerprint density at radius 2 is 2.05 bits per heavy atom. The van der Waals surface area contributed by atoms with E-state index in [-0.39, 0.29) is 23.8 Å². The molecule has 2 aromatic rings. The van der Waals surface area contributed by atoms with Crippen molar-refractivity contribution in [1.29, 1.82) is 5.26 Å². The Kier molecular flexibility index (Phi) is 8.28. The van der Waals surface area contributed by atoms with E-state index in [0.717, 1.165) is 74.0 Å². The van der Waals surface area contributed by atoms with Gasteiger partial charge in [-0.05, 0) is 75.7 Å². The number of aromatic nitrogens is 2. The lowest BCUT2D eigenvalue weighted by molar-refractivity contribution is -0.128. The van der Waals surface area contributed by atoms with Crippen LogP contribution in [0.1, 0.15) is 43.4 Å². The highest BCUT2D eigenvalue weighted by molar-refractivity contribution is 6.33. The van der Waals surface area contributed by atoms with Crippen LogP contribution in [0.2, 0.25) is 5.02 Å². The predicted octanol–water partition coefficient (Wildman–Crippen LogP) is 4.11. The van der Waals surface area contributed by atoms with Gasteiger partial charge in [0.1, 0.15) is 12.4 Å². The minimum Gasteiger partial charge on any atom is -0.462 e. The number of anilines is 2. The van der Waals surface area contributed by atoms with Crippen LogP contribution in [0.3, 0.4) is 0 Å². The normalized spacial score (nSPS) is 25.9. The van der Waals surface area contributed by atoms with E-state index in [4.69, 9.17) is 26.3 Å². The van der Waals surface area contributed by atoms with Crippen molar-refractivity contribution < 1.29 is 9.53 Å². The second-order valence-corrected chi connectivity index (χ2v) is 12.7. The fourth-order valence-corrected chi connectivity index (χ4v) is 7.61. The minimum absolute atomic E-state index is 0.124. The largest absolute Gasteiger partial charge is 0.462 e. The lowest BCUT2D eigenvalue weighted by Crippen LogP contribution is -2.55. The number of carbonyl (C=O) groups is 1. The Bertz CT molecular complexity index is 1380. The van der Waals surface area contributed by atoms with E-state index < -0.39 is 0 Å². The topological polar surface area (TPSA) is 88.8 Å². The van der Waals surface area contributed by atoms with E-state index in [1.54, 1.807) is 4.90 Å². The van der Waals surface area contributed by atoms with E-state index in [1.807, 2.05) is 12.1 Å². The van der Waals surface area contributed by atoms with Crippen molar-refractivity contribution >= 4 is 29.0 Å². The van der Waals surface area contributed by atoms with Crippen LogP contribution in [0, 0.1) is 16.7 Å². The van der Waals surface area contributed by atoms with Crippen LogP contribution in [0.15, 0.2) is 36.9 Å². The smallest absolute Gasteiger partial charge is 0.318 e. The molecule has 4 aliphatic rings. The van der Waals surface area contributed by atoms with Crippen LogP contribution >= 0.6 is 11.6 Å². The van der Waals surface area contributed by atoms with Crippen molar-refractivity contribution in [1.82, 2.24) is 19.8 Å². The van der Waals surface area contributed by atoms with Crippen molar-refractivity contribution in [3.8, 4) is 12.1 Å². The average Bonchev–Trinajstić information content (AvgIpc) is 3.61. The summed E-state index contributed by atoms with van der Waals surface area (Å²) in [5, 5.41) is 10.3. The molecule has 4 heterocycles. The number of nitriles is 1. The molecule has 0 saturated carbocycles. The van der Waals surface area contributed by atoms with Gasteiger partial charge in [0.05, 0.1) is 34.9 Å². The first-order valence-corrected chi connectivity index (χ1v) is 15.5. The van der Waals surface area contributed by atoms with Crippen LogP contribution in [0.25, 0.3) is 0 Å². The predicted molar refractivity (Wildman–Crippen MR) is 164 cm³/mol. The summed E-state index contributed by atoms with van der Waals surface area (Å²) in [5.41, 5.74) is 3.48. The van der Waals surface area contributed by atoms with E-state index in [0.29, 0.717) is 38.3 Å². The zero-order valence-electron chi connectivity index (χ0n) is 24.5. The van der Waals surface area contributed by atoms with Crippen molar-refractivity contribution in [3.63, 3.8) is 0 Å². The maximum Gasteiger partial charge on any atom is 0.318 e. The molecule has 1 aromatic heterocycles. The third-order valence-electron chi connectivity index (χ3n) is 9.77. The van der Waals surface area contributed by atoms with Crippen molar-refractivity contribution in [2.45, 2.75) is 57.0 Å². The summed E-state index contributed by atoms with van der Waals surface area (Å²) < 4.78 is 6.32. The molecule has 0 N–H and O–H groups in total. The van der Waals surface area contributed by atoms with Gasteiger partial charge in [-0.1, -0.05) is 30.3 Å². The number of rotatable bonds is 7. The Morgan fingerprint density at radius 1 is 1.19 bits per heavy atom. The molecule has 222 valence electrons. The third-order valence-corrected chi connectivity index (χ3v) is 10.1. The number of likely N-dealkylation sites (N-methyl/N-ethyl adjacent to an activating group) is 1. The number of piperazine rings is 1. The fraction of sp³-hybridized carbons (Fsp3) is 0.562. The molecule has 3 fully saturated rings. The zero-order chi connectivity index (χ0) is 29.3. The first-order valence-electron chi connectivity index (χ1n) is 15.2. The SMILES string of the molecule is C=CC(=O)N1CCN(c2nc(OC[C@@H]3CCCN3C)nc3c2CCC2(CCN(c4ccccc4Cl)C2)C3)C[C@@H]1CC#N. The summed E-state index contributed by atoms with van der Waals surface area (Å²) in [6, 6.07) is 11.0. The van der Waals surface area contributed by atoms with Gasteiger partial charge in [0.25, 0.3) is 0 Å². The molecule has 0 radical (unpaired) electrons. The van der Waals surface area contributed by atoms with Gasteiger partial charge in [0, 0.05) is 44.3 Å². The number of hydrogen-bond acceptors (Lipinski definition) is 8. The minimum atomic E-state index is -0.217. The number of benzene rings is 1. The van der Waals surface area contributed by atoms with Crippen molar-refractivity contribution in [2.75, 3.05) is 62.7 Å². The summed E-state index contributed by atoms with van der Waals surface area (Å²) in [6.45, 7) is 8.95. The summed E-state index contributed by atoms with van der Waals surface area (Å²) >= 11 is 6.57. The van der Waals surface area contributed by atoms with Gasteiger partial charge in [-0.2, -0.15) is 15.2 Å². The summed E-state index contributed by atoms with van der Waals surface area (Å²) in [6.07, 6.45) is 7.81. The Morgan fingerprint density at radius 3 is 2.81 bits per heavy atom. The van der Waals surface area contributed by atoms with E-state index >= 15 is 0 Å². The molecule has 3 aliphatic heterocycles. The quantitative estimate of drug-likeness (QED) is 0.446. The molecule has 1 spiro atoms. The van der Waals surface area contributed by atoms with Crippen LogP contribution in [-0.4, -0.2) is 90.7 Å². The lowest BCUT2D eigenvalue weighted by Gasteiger charge is -2.42. The number of likely N-dealkylation sites (tertiary alicyclic amines) is 1. The molecule has 9 nitrogen and oxygen atoms in total. The molecule has 3 atom stereocenters. The van der Waals surface area contributed by atoms with E-state index in [1.165, 1.54) is 18.1 Å². The molecule has 0 bridgehead atoms. The van der Waals surface area contributed by atoms with Gasteiger partial charge in [-0.15, -0.1) is 0 Å². The first-order chi connectivity index (χ1) is 20.4. The standard InChI is InChI=1S/C32H40ClN7O2/c1-3-29(41)40-18-17-38(20-23(40)11-14-34)30-25-10-12-32(13-16-39(22-32)28-9-5-4-8-26(28)33)19-27(25)35-31(36-30)42-21-24-7-6-15-37(24)2/h3-5,8-9,23-24H,1,6-7,10-13,15-22H2,2H3/t23-,24-,32?/m0/s1. The molecular formula is C32H40ClN7O2. The number of carbonyl (C=O) groups excluding carboxylic acids is 1. The first kappa shape index (κ1) is 28.8. The molecule has 42 heavy (non-hydrogen) atoms.